The lowest BCUT2D eigenvalue weighted by Crippen LogP contribution is -2.21. The summed E-state index contributed by atoms with van der Waals surface area (Å²) >= 11 is 0. The van der Waals surface area contributed by atoms with Gasteiger partial charge in [0.05, 0.1) is 5.69 Å². The number of benzene rings is 2. The van der Waals surface area contributed by atoms with Crippen LogP contribution in [0.3, 0.4) is 0 Å². The molecular weight excluding hydrogens is 432 g/mol. The van der Waals surface area contributed by atoms with Gasteiger partial charge in [0.15, 0.2) is 0 Å². The third-order valence-corrected chi connectivity index (χ3v) is 6.43. The van der Waals surface area contributed by atoms with Gasteiger partial charge < -0.3 is 9.84 Å². The van der Waals surface area contributed by atoms with Crippen LogP contribution in [0, 0.1) is 0 Å². The van der Waals surface area contributed by atoms with Crippen LogP contribution in [0.4, 0.5) is 5.69 Å². The topological polar surface area (TPSA) is 106 Å². The van der Waals surface area contributed by atoms with E-state index in [-0.39, 0.29) is 29.1 Å². The van der Waals surface area contributed by atoms with Crippen LogP contribution in [0.2, 0.25) is 0 Å². The maximum absolute atomic E-state index is 12.3. The average Bonchev–Trinajstić information content (AvgIpc) is 3.34. The Bertz CT molecular complexity index is 1430. The molecule has 0 saturated carbocycles. The summed E-state index contributed by atoms with van der Waals surface area (Å²) < 4.78 is 35.7. The lowest BCUT2D eigenvalue weighted by Gasteiger charge is -2.19. The van der Waals surface area contributed by atoms with Gasteiger partial charge in [-0.2, -0.15) is 0 Å². The first-order valence-electron chi connectivity index (χ1n) is 10.1. The fourth-order valence-electron chi connectivity index (χ4n) is 3.36. The number of nitrogens with zero attached hydrogens (tertiary/aromatic N) is 3. The fraction of sp³-hybridized carbons (Fsp3) is 0.318. The number of fused-ring (bicyclic) bond motifs is 4. The van der Waals surface area contributed by atoms with Crippen LogP contribution in [0.25, 0.3) is 16.7 Å². The van der Waals surface area contributed by atoms with Gasteiger partial charge in [-0.25, -0.2) is 13.2 Å². The number of aromatic hydroxyl groups is 1. The van der Waals surface area contributed by atoms with E-state index < -0.39 is 16.0 Å². The molecule has 2 N–H and O–H groups in total. The molecule has 0 atom stereocenters. The molecule has 0 bridgehead atoms. The number of rotatable bonds is 7. The van der Waals surface area contributed by atoms with Crippen LogP contribution in [0.5, 0.6) is 5.75 Å². The molecule has 0 aliphatic rings. The van der Waals surface area contributed by atoms with E-state index in [4.69, 9.17) is 4.74 Å². The highest BCUT2D eigenvalue weighted by Gasteiger charge is 2.27. The largest absolute Gasteiger partial charge is 0.506 e. The molecule has 0 radical (unpaired) electrons. The van der Waals surface area contributed by atoms with Crippen molar-refractivity contribution in [3.8, 4) is 11.4 Å². The predicted octanol–water partition coefficient (Wildman–Crippen LogP) is 3.28. The van der Waals surface area contributed by atoms with E-state index in [2.05, 4.69) is 32.1 Å². The van der Waals surface area contributed by atoms with E-state index >= 15 is 0 Å². The van der Waals surface area contributed by atoms with Crippen molar-refractivity contribution < 1.29 is 23.1 Å². The number of nitrogens with one attached hydrogen (secondary N) is 1. The van der Waals surface area contributed by atoms with Crippen molar-refractivity contribution >= 4 is 32.7 Å². The van der Waals surface area contributed by atoms with E-state index in [1.807, 2.05) is 26.2 Å². The van der Waals surface area contributed by atoms with Crippen LogP contribution in [0.15, 0.2) is 48.6 Å². The number of sulfonamides is 1. The van der Waals surface area contributed by atoms with E-state index in [9.17, 15) is 18.3 Å². The second-order valence-corrected chi connectivity index (χ2v) is 10.7. The van der Waals surface area contributed by atoms with Crippen molar-refractivity contribution in [1.82, 2.24) is 14.1 Å². The number of carbonyl (C=O) groups is 1. The van der Waals surface area contributed by atoms with E-state index in [1.165, 1.54) is 6.92 Å². The first-order valence-corrected chi connectivity index (χ1v) is 11.7. The Balaban J connectivity index is 1.55. The summed E-state index contributed by atoms with van der Waals surface area (Å²) in [5.74, 6) is -0.830. The Kier molecular flexibility index (Phi) is 5.00. The summed E-state index contributed by atoms with van der Waals surface area (Å²) in [6.07, 6.45) is 0. The summed E-state index contributed by atoms with van der Waals surface area (Å²) in [5.41, 5.74) is 3.97. The van der Waals surface area contributed by atoms with E-state index in [1.54, 1.807) is 24.3 Å². The summed E-state index contributed by atoms with van der Waals surface area (Å²) in [4.78, 5) is 13.2. The highest BCUT2D eigenvalue weighted by molar-refractivity contribution is 7.92. The zero-order valence-electron chi connectivity index (χ0n) is 18.4. The first-order chi connectivity index (χ1) is 14.9. The molecule has 0 spiro atoms. The van der Waals surface area contributed by atoms with Gasteiger partial charge in [0.25, 0.3) is 0 Å². The van der Waals surface area contributed by atoms with Gasteiger partial charge in [-0.05, 0) is 48.2 Å². The number of ether oxygens (including phenoxy) is 1. The minimum Gasteiger partial charge on any atom is -0.506 e. The molecule has 0 fully saturated rings. The summed E-state index contributed by atoms with van der Waals surface area (Å²) in [7, 11) is -3.70. The Hall–Kier alpha value is -3.40. The van der Waals surface area contributed by atoms with Crippen LogP contribution in [-0.2, 0) is 25.0 Å². The van der Waals surface area contributed by atoms with Crippen LogP contribution in [-0.4, -0.2) is 45.9 Å². The molecule has 2 aromatic carbocycles. The molecule has 4 rings (SSSR count). The van der Waals surface area contributed by atoms with E-state index in [0.29, 0.717) is 11.4 Å². The lowest BCUT2D eigenvalue weighted by atomic mass is 9.87. The minimum absolute atomic E-state index is 0.0703. The summed E-state index contributed by atoms with van der Waals surface area (Å²) in [5, 5.41) is 10.4. The Morgan fingerprint density at radius 1 is 1.12 bits per heavy atom. The number of esters is 1. The third-order valence-electron chi connectivity index (χ3n) is 5.18. The van der Waals surface area contributed by atoms with Gasteiger partial charge >= 0.3 is 5.97 Å². The molecule has 170 valence electrons. The normalized spacial score (nSPS) is 12.6. The molecule has 9 nitrogen and oxygen atoms in total. The van der Waals surface area contributed by atoms with Gasteiger partial charge in [-0.1, -0.05) is 33.4 Å². The van der Waals surface area contributed by atoms with Crippen molar-refractivity contribution in [2.75, 3.05) is 17.1 Å². The number of hydrogen-bond acceptors (Lipinski definition) is 5. The number of aromatic nitrogens is 3. The van der Waals surface area contributed by atoms with Crippen molar-refractivity contribution in [2.24, 2.45) is 0 Å². The Morgan fingerprint density at radius 3 is 2.47 bits per heavy atom. The second kappa shape index (κ2) is 7.33. The van der Waals surface area contributed by atoms with Crippen LogP contribution in [0.1, 0.15) is 33.3 Å². The number of phenolic OH excluding ortho intramolecular Hbond substituents is 1. The highest BCUT2D eigenvalue weighted by atomic mass is 32.2. The Morgan fingerprint density at radius 2 is 1.81 bits per heavy atom. The molecule has 2 heterocycles. The number of hydrogen-bond donors (Lipinski definition) is 2. The molecule has 4 aromatic rings. The molecule has 0 unspecified atom stereocenters. The smallest absolute Gasteiger partial charge is 0.333 e. The number of anilines is 1. The molecule has 0 amide bonds. The molecule has 0 aliphatic carbocycles. The molecule has 32 heavy (non-hydrogen) atoms. The zero-order chi connectivity index (χ0) is 23.4. The Labute approximate surface area is 185 Å². The van der Waals surface area contributed by atoms with Crippen molar-refractivity contribution in [1.29, 1.82) is 0 Å². The van der Waals surface area contributed by atoms with Gasteiger partial charge in [0.2, 0.25) is 10.0 Å². The molecule has 2 aromatic heterocycles. The molecule has 10 heteroatoms. The average molecular weight is 459 g/mol. The number of phenols is 1. The fourth-order valence-corrected chi connectivity index (χ4v) is 4.25. The molecule has 0 saturated heterocycles. The standard InChI is InChI=1S/C22H26N4O5S/c1-14(2)21(28)31-10-11-32(29,30)23-16-7-8-17-18(13-16)25-24(17)26(25)19-12-15(22(3,4)5)6-9-20(19)27/h6-9,12-13,23,27H,1,10-11H2,2-5H3. The van der Waals surface area contributed by atoms with Crippen molar-refractivity contribution in [3.05, 3.63) is 54.1 Å². The second-order valence-electron chi connectivity index (χ2n) is 8.86. The van der Waals surface area contributed by atoms with Gasteiger partial charge in [-0.3, -0.25) is 4.72 Å². The minimum atomic E-state index is -3.70. The first kappa shape index (κ1) is 21.8. The van der Waals surface area contributed by atoms with Gasteiger partial charge in [0.1, 0.15) is 34.8 Å². The SMILES string of the molecule is C=C(C)C(=O)OCCS(=O)(=O)Nc1ccc2c(c1)n1n(-c3cc(C(C)(C)C)ccc3O)n21. The quantitative estimate of drug-likeness (QED) is 0.327. The van der Waals surface area contributed by atoms with Crippen molar-refractivity contribution in [3.63, 3.8) is 0 Å². The maximum Gasteiger partial charge on any atom is 0.333 e. The highest BCUT2D eigenvalue weighted by Crippen LogP contribution is 2.34. The van der Waals surface area contributed by atoms with E-state index in [0.717, 1.165) is 16.6 Å². The lowest BCUT2D eigenvalue weighted by molar-refractivity contribution is -0.138. The maximum atomic E-state index is 12.3. The third kappa shape index (κ3) is 3.93. The van der Waals surface area contributed by atoms with Crippen LogP contribution >= 0.6 is 0 Å². The predicted molar refractivity (Wildman–Crippen MR) is 122 cm³/mol. The summed E-state index contributed by atoms with van der Waals surface area (Å²) in [6.45, 7) is 11.0. The number of carbonyl (C=O) groups excluding carboxylic acids is 1. The monoisotopic (exact) mass is 458 g/mol. The zero-order valence-corrected chi connectivity index (χ0v) is 19.2. The van der Waals surface area contributed by atoms with Crippen LogP contribution < -0.4 is 4.72 Å². The molecular formula is C22H26N4O5S. The summed E-state index contributed by atoms with van der Waals surface area (Å²) in [6, 6.07) is 10.7. The van der Waals surface area contributed by atoms with Gasteiger partial charge in [-0.15, -0.1) is 14.1 Å². The molecule has 0 aliphatic heterocycles. The van der Waals surface area contributed by atoms with Gasteiger partial charge in [0, 0.05) is 5.57 Å². The van der Waals surface area contributed by atoms with Crippen molar-refractivity contribution in [2.45, 2.75) is 33.1 Å².